The van der Waals surface area contributed by atoms with Crippen molar-refractivity contribution in [2.24, 2.45) is 4.99 Å². The summed E-state index contributed by atoms with van der Waals surface area (Å²) in [6.07, 6.45) is 1.68. The normalized spacial score (nSPS) is 11.7. The van der Waals surface area contributed by atoms with E-state index in [4.69, 9.17) is 0 Å². The van der Waals surface area contributed by atoms with Crippen LogP contribution in [0.2, 0.25) is 0 Å². The lowest BCUT2D eigenvalue weighted by atomic mass is 10.1. The smallest absolute Gasteiger partial charge is 0.271 e. The second kappa shape index (κ2) is 7.40. The molecule has 6 nitrogen and oxygen atoms in total. The van der Waals surface area contributed by atoms with E-state index in [1.165, 1.54) is 47.7 Å². The van der Waals surface area contributed by atoms with Crippen molar-refractivity contribution < 1.29 is 14.1 Å². The molecule has 2 aromatic carbocycles. The van der Waals surface area contributed by atoms with Gasteiger partial charge in [0.2, 0.25) is 0 Å². The number of amides is 1. The maximum atomic E-state index is 12.9. The van der Waals surface area contributed by atoms with Gasteiger partial charge in [-0.2, -0.15) is 4.99 Å². The average Bonchev–Trinajstić information content (AvgIpc) is 2.94. The summed E-state index contributed by atoms with van der Waals surface area (Å²) >= 11 is 1.27. The summed E-state index contributed by atoms with van der Waals surface area (Å²) in [5.74, 6) is -0.747. The molecule has 0 atom stereocenters. The molecule has 3 aromatic rings. The van der Waals surface area contributed by atoms with Crippen molar-refractivity contribution in [2.75, 3.05) is 0 Å². The van der Waals surface area contributed by atoms with Crippen LogP contribution in [-0.2, 0) is 17.8 Å². The van der Waals surface area contributed by atoms with Crippen LogP contribution in [0.25, 0.3) is 10.2 Å². The monoisotopic (exact) mass is 371 g/mol. The molecule has 0 radical (unpaired) electrons. The molecule has 8 heteroatoms. The van der Waals surface area contributed by atoms with E-state index in [0.29, 0.717) is 22.4 Å². The Morgan fingerprint density at radius 3 is 2.69 bits per heavy atom. The first kappa shape index (κ1) is 17.7. The highest BCUT2D eigenvalue weighted by molar-refractivity contribution is 7.16. The number of thiazole rings is 1. The van der Waals surface area contributed by atoms with Gasteiger partial charge in [-0.15, -0.1) is 6.58 Å². The maximum Gasteiger partial charge on any atom is 0.271 e. The maximum absolute atomic E-state index is 12.9. The molecule has 0 aliphatic carbocycles. The lowest BCUT2D eigenvalue weighted by Gasteiger charge is -2.01. The van der Waals surface area contributed by atoms with Crippen molar-refractivity contribution in [3.63, 3.8) is 0 Å². The summed E-state index contributed by atoms with van der Waals surface area (Å²) in [6, 6.07) is 10.2. The van der Waals surface area contributed by atoms with E-state index in [1.807, 2.05) is 0 Å². The quantitative estimate of drug-likeness (QED) is 0.390. The minimum Gasteiger partial charge on any atom is -0.312 e. The third-order valence-electron chi connectivity index (χ3n) is 3.68. The molecule has 0 fully saturated rings. The summed E-state index contributed by atoms with van der Waals surface area (Å²) < 4.78 is 15.4. The van der Waals surface area contributed by atoms with Gasteiger partial charge >= 0.3 is 0 Å². The van der Waals surface area contributed by atoms with E-state index < -0.39 is 4.92 Å². The van der Waals surface area contributed by atoms with Gasteiger partial charge in [-0.25, -0.2) is 4.39 Å². The molecule has 0 bridgehead atoms. The van der Waals surface area contributed by atoms with Gasteiger partial charge in [0, 0.05) is 18.7 Å². The number of hydrogen-bond donors (Lipinski definition) is 0. The highest BCUT2D eigenvalue weighted by atomic mass is 32.1. The molecule has 0 unspecified atom stereocenters. The van der Waals surface area contributed by atoms with Crippen LogP contribution in [0.4, 0.5) is 10.1 Å². The van der Waals surface area contributed by atoms with Crippen molar-refractivity contribution in [3.05, 3.63) is 81.4 Å². The van der Waals surface area contributed by atoms with Crippen LogP contribution >= 0.6 is 11.3 Å². The van der Waals surface area contributed by atoms with Crippen molar-refractivity contribution >= 4 is 33.1 Å². The number of nitro groups is 1. The predicted octanol–water partition coefficient (Wildman–Crippen LogP) is 3.61. The molecule has 132 valence electrons. The number of halogens is 1. The second-order valence-electron chi connectivity index (χ2n) is 5.50. The van der Waals surface area contributed by atoms with E-state index in [0.717, 1.165) is 4.70 Å². The topological polar surface area (TPSA) is 77.5 Å². The van der Waals surface area contributed by atoms with Crippen molar-refractivity contribution in [3.8, 4) is 0 Å². The molecule has 0 aliphatic heterocycles. The summed E-state index contributed by atoms with van der Waals surface area (Å²) in [5, 5.41) is 11.0. The van der Waals surface area contributed by atoms with Crippen LogP contribution in [0.5, 0.6) is 0 Å². The Bertz CT molecular complexity index is 1070. The van der Waals surface area contributed by atoms with E-state index in [9.17, 15) is 19.3 Å². The zero-order chi connectivity index (χ0) is 18.7. The number of carbonyl (C=O) groups is 1. The van der Waals surface area contributed by atoms with Gasteiger partial charge < -0.3 is 4.57 Å². The number of non-ortho nitro benzene ring substituents is 1. The first-order chi connectivity index (χ1) is 12.5. The largest absolute Gasteiger partial charge is 0.312 e. The van der Waals surface area contributed by atoms with Gasteiger partial charge in [-0.05, 0) is 23.8 Å². The molecule has 0 saturated heterocycles. The average molecular weight is 371 g/mol. The zero-order valence-electron chi connectivity index (χ0n) is 13.6. The summed E-state index contributed by atoms with van der Waals surface area (Å²) in [4.78, 5) is 27.4. The first-order valence-corrected chi connectivity index (χ1v) is 8.50. The third kappa shape index (κ3) is 3.75. The van der Waals surface area contributed by atoms with Gasteiger partial charge in [0.1, 0.15) is 5.82 Å². The van der Waals surface area contributed by atoms with E-state index in [1.54, 1.807) is 16.7 Å². The minimum atomic E-state index is -0.466. The second-order valence-corrected chi connectivity index (χ2v) is 6.51. The van der Waals surface area contributed by atoms with Gasteiger partial charge in [-0.3, -0.25) is 14.9 Å². The molecule has 1 amide bonds. The van der Waals surface area contributed by atoms with Crippen LogP contribution < -0.4 is 4.80 Å². The number of fused-ring (bicyclic) bond motifs is 1. The Morgan fingerprint density at radius 1 is 1.31 bits per heavy atom. The molecule has 3 rings (SSSR count). The van der Waals surface area contributed by atoms with E-state index in [-0.39, 0.29) is 23.8 Å². The van der Waals surface area contributed by atoms with E-state index in [2.05, 4.69) is 11.6 Å². The molecule has 26 heavy (non-hydrogen) atoms. The molecule has 1 aromatic heterocycles. The number of nitro benzene ring substituents is 1. The van der Waals surface area contributed by atoms with E-state index >= 15 is 0 Å². The Labute approximate surface area is 151 Å². The van der Waals surface area contributed by atoms with Crippen molar-refractivity contribution in [2.45, 2.75) is 13.0 Å². The SMILES string of the molecule is C=CCn1c(=NC(=O)Cc2ccc(F)cc2)sc2ccc([N+](=O)[O-])cc21. The Kier molecular flexibility index (Phi) is 5.04. The zero-order valence-corrected chi connectivity index (χ0v) is 14.4. The van der Waals surface area contributed by atoms with Crippen molar-refractivity contribution in [1.29, 1.82) is 0 Å². The molecule has 0 N–H and O–H groups in total. The van der Waals surface area contributed by atoms with Gasteiger partial charge in [-0.1, -0.05) is 29.5 Å². The minimum absolute atomic E-state index is 0.0303. The predicted molar refractivity (Wildman–Crippen MR) is 97.3 cm³/mol. The number of aromatic nitrogens is 1. The Morgan fingerprint density at radius 2 is 2.04 bits per heavy atom. The number of benzene rings is 2. The summed E-state index contributed by atoms with van der Waals surface area (Å²) in [7, 11) is 0. The number of hydrogen-bond acceptors (Lipinski definition) is 4. The fourth-order valence-corrected chi connectivity index (χ4v) is 3.52. The van der Waals surface area contributed by atoms with Gasteiger partial charge in [0.15, 0.2) is 4.80 Å². The summed E-state index contributed by atoms with van der Waals surface area (Å²) in [6.45, 7) is 4.05. The van der Waals surface area contributed by atoms with Gasteiger partial charge in [0.25, 0.3) is 11.6 Å². The van der Waals surface area contributed by atoms with Crippen LogP contribution in [0.3, 0.4) is 0 Å². The molecular formula is C18H14FN3O3S. The van der Waals surface area contributed by atoms with Gasteiger partial charge in [0.05, 0.1) is 21.6 Å². The number of allylic oxidation sites excluding steroid dienone is 1. The highest BCUT2D eigenvalue weighted by Gasteiger charge is 2.12. The summed E-state index contributed by atoms with van der Waals surface area (Å²) in [5.41, 5.74) is 1.25. The van der Waals surface area contributed by atoms with Crippen LogP contribution in [0, 0.1) is 15.9 Å². The Hall–Kier alpha value is -3.13. The van der Waals surface area contributed by atoms with Crippen LogP contribution in [0.15, 0.2) is 60.1 Å². The molecular weight excluding hydrogens is 357 g/mol. The van der Waals surface area contributed by atoms with Crippen LogP contribution in [0.1, 0.15) is 5.56 Å². The first-order valence-electron chi connectivity index (χ1n) is 7.68. The number of nitrogens with zero attached hydrogens (tertiary/aromatic N) is 3. The number of rotatable bonds is 5. The van der Waals surface area contributed by atoms with Crippen LogP contribution in [-0.4, -0.2) is 15.4 Å². The highest BCUT2D eigenvalue weighted by Crippen LogP contribution is 2.23. The molecule has 0 spiro atoms. The fourth-order valence-electron chi connectivity index (χ4n) is 2.48. The number of carbonyl (C=O) groups excluding carboxylic acids is 1. The fraction of sp³-hybridized carbons (Fsp3) is 0.111. The lowest BCUT2D eigenvalue weighted by Crippen LogP contribution is -2.17. The molecule has 1 heterocycles. The standard InChI is InChI=1S/C18H14FN3O3S/c1-2-9-21-15-11-14(22(24)25)7-8-16(15)26-18(21)20-17(23)10-12-3-5-13(19)6-4-12/h2-8,11H,1,9-10H2. The molecule has 0 aliphatic rings. The Balaban J connectivity index is 2.02. The lowest BCUT2D eigenvalue weighted by molar-refractivity contribution is -0.384. The molecule has 0 saturated carbocycles. The third-order valence-corrected chi connectivity index (χ3v) is 4.74. The van der Waals surface area contributed by atoms with Crippen molar-refractivity contribution in [1.82, 2.24) is 4.57 Å².